The molecule has 1 aliphatic carbocycles. The molecule has 304 valence electrons. The molecule has 2 heteroatoms. The first-order valence-corrected chi connectivity index (χ1v) is 22.1. The van der Waals surface area contributed by atoms with Crippen LogP contribution in [0.2, 0.25) is 0 Å². The Morgan fingerprint density at radius 2 is 0.797 bits per heavy atom. The van der Waals surface area contributed by atoms with Crippen molar-refractivity contribution >= 4 is 49.9 Å². The Kier molecular flexibility index (Phi) is 10.2. The number of nitrogens with one attached hydrogen (secondary N) is 1. The molecule has 0 aromatic heterocycles. The third-order valence-electron chi connectivity index (χ3n) is 12.8. The normalized spacial score (nSPS) is 14.6. The summed E-state index contributed by atoms with van der Waals surface area (Å²) in [7, 11) is 0. The van der Waals surface area contributed by atoms with Crippen molar-refractivity contribution in [2.75, 3.05) is 10.2 Å². The van der Waals surface area contributed by atoms with Gasteiger partial charge in [0.2, 0.25) is 0 Å². The maximum atomic E-state index is 4.03. The molecule has 2 nitrogen and oxygen atoms in total. The molecule has 0 heterocycles. The number of hydrogen-bond acceptors (Lipinski definition) is 2. The average Bonchev–Trinajstić information content (AvgIpc) is 3.38. The van der Waals surface area contributed by atoms with Gasteiger partial charge in [0.05, 0.1) is 11.2 Å². The van der Waals surface area contributed by atoms with Crippen LogP contribution in [0.4, 0.5) is 22.7 Å². The van der Waals surface area contributed by atoms with E-state index in [-0.39, 0.29) is 0 Å². The minimum atomic E-state index is -0.422. The maximum Gasteiger partial charge on any atom is 0.0848 e. The molecule has 0 radical (unpaired) electrons. The zero-order chi connectivity index (χ0) is 42.7. The van der Waals surface area contributed by atoms with Gasteiger partial charge in [0.15, 0.2) is 0 Å². The van der Waals surface area contributed by atoms with Crippen molar-refractivity contribution in [1.29, 1.82) is 0 Å². The molecule has 10 aromatic carbocycles. The molecule has 0 spiro atoms. The summed E-state index contributed by atoms with van der Waals surface area (Å²) in [6, 6.07) is 87.5. The first kappa shape index (κ1) is 38.7. The molecule has 1 aliphatic rings. The molecule has 64 heavy (non-hydrogen) atoms. The standard InChI is InChI=1S/C62H46N2/c1-3-13-45(14-4-1)49-29-35-55(36-30-49)62(63-60-23-11-19-53-17-7-9-21-58(53)60)43-41-52(42-44-62)48-27-25-47(26-28-48)51-33-39-57(40-34-51)64(61-24-12-20-54-18-8-10-22-59(54)61)56-37-31-50(32-38-56)46-15-5-2-6-16-46/h1-43,63H,44H2. The molecule has 0 saturated carbocycles. The van der Waals surface area contributed by atoms with Crippen LogP contribution < -0.4 is 10.2 Å². The monoisotopic (exact) mass is 818 g/mol. The summed E-state index contributed by atoms with van der Waals surface area (Å²) in [4.78, 5) is 2.37. The van der Waals surface area contributed by atoms with Crippen LogP contribution in [0.15, 0.2) is 261 Å². The molecular weight excluding hydrogens is 773 g/mol. The Morgan fingerprint density at radius 1 is 0.359 bits per heavy atom. The zero-order valence-electron chi connectivity index (χ0n) is 35.5. The van der Waals surface area contributed by atoms with Crippen molar-refractivity contribution in [3.63, 3.8) is 0 Å². The van der Waals surface area contributed by atoms with Gasteiger partial charge in [0.25, 0.3) is 0 Å². The number of benzene rings is 10. The third kappa shape index (κ3) is 7.57. The van der Waals surface area contributed by atoms with Crippen molar-refractivity contribution in [2.45, 2.75) is 12.0 Å². The van der Waals surface area contributed by atoms with Gasteiger partial charge in [-0.3, -0.25) is 0 Å². The first-order valence-electron chi connectivity index (χ1n) is 22.1. The van der Waals surface area contributed by atoms with Crippen molar-refractivity contribution in [3.05, 3.63) is 272 Å². The highest BCUT2D eigenvalue weighted by molar-refractivity contribution is 5.99. The van der Waals surface area contributed by atoms with E-state index in [1.54, 1.807) is 0 Å². The van der Waals surface area contributed by atoms with Gasteiger partial charge in [0, 0.05) is 27.8 Å². The van der Waals surface area contributed by atoms with E-state index in [0.717, 1.165) is 29.2 Å². The van der Waals surface area contributed by atoms with Crippen molar-refractivity contribution in [2.24, 2.45) is 0 Å². The Hall–Kier alpha value is -8.20. The quantitative estimate of drug-likeness (QED) is 0.148. The molecule has 0 aliphatic heterocycles. The number of fused-ring (bicyclic) bond motifs is 2. The van der Waals surface area contributed by atoms with Gasteiger partial charge in [-0.25, -0.2) is 0 Å². The minimum Gasteiger partial charge on any atom is -0.371 e. The zero-order valence-corrected chi connectivity index (χ0v) is 35.5. The summed E-state index contributed by atoms with van der Waals surface area (Å²) in [6.07, 6.45) is 7.86. The number of anilines is 4. The SMILES string of the molecule is C1=CC(Nc2cccc3ccccc23)(c2ccc(-c3ccccc3)cc2)CC=C1c1ccc(-c2ccc(N(c3ccc(-c4ccccc4)cc3)c3cccc4ccccc34)cc2)cc1. The summed E-state index contributed by atoms with van der Waals surface area (Å²) in [5, 5.41) is 8.91. The van der Waals surface area contributed by atoms with E-state index in [1.165, 1.54) is 71.6 Å². The van der Waals surface area contributed by atoms with E-state index in [2.05, 4.69) is 271 Å². The van der Waals surface area contributed by atoms with Crippen LogP contribution in [0.1, 0.15) is 17.5 Å². The van der Waals surface area contributed by atoms with Gasteiger partial charge >= 0.3 is 0 Å². The van der Waals surface area contributed by atoms with Gasteiger partial charge in [-0.1, -0.05) is 224 Å². The van der Waals surface area contributed by atoms with E-state index in [9.17, 15) is 0 Å². The predicted octanol–water partition coefficient (Wildman–Crippen LogP) is 16.8. The smallest absolute Gasteiger partial charge is 0.0848 e. The van der Waals surface area contributed by atoms with Crippen molar-refractivity contribution in [3.8, 4) is 33.4 Å². The van der Waals surface area contributed by atoms with E-state index in [1.807, 2.05) is 0 Å². The van der Waals surface area contributed by atoms with Crippen LogP contribution in [-0.2, 0) is 5.54 Å². The summed E-state index contributed by atoms with van der Waals surface area (Å²) >= 11 is 0. The van der Waals surface area contributed by atoms with Crippen LogP contribution in [-0.4, -0.2) is 0 Å². The molecular formula is C62H46N2. The van der Waals surface area contributed by atoms with Crippen molar-refractivity contribution < 1.29 is 0 Å². The van der Waals surface area contributed by atoms with E-state index < -0.39 is 5.54 Å². The van der Waals surface area contributed by atoms with E-state index >= 15 is 0 Å². The predicted molar refractivity (Wildman–Crippen MR) is 272 cm³/mol. The summed E-state index contributed by atoms with van der Waals surface area (Å²) in [5.74, 6) is 0. The lowest BCUT2D eigenvalue weighted by Gasteiger charge is -2.36. The molecule has 1 unspecified atom stereocenters. The van der Waals surface area contributed by atoms with E-state index in [4.69, 9.17) is 0 Å². The van der Waals surface area contributed by atoms with Crippen LogP contribution in [0.3, 0.4) is 0 Å². The summed E-state index contributed by atoms with van der Waals surface area (Å²) in [5.41, 5.74) is 14.9. The summed E-state index contributed by atoms with van der Waals surface area (Å²) in [6.45, 7) is 0. The number of hydrogen-bond donors (Lipinski definition) is 1. The number of rotatable bonds is 10. The van der Waals surface area contributed by atoms with Gasteiger partial charge in [-0.05, 0) is 104 Å². The molecule has 0 fully saturated rings. The minimum absolute atomic E-state index is 0.422. The van der Waals surface area contributed by atoms with Gasteiger partial charge < -0.3 is 10.2 Å². The van der Waals surface area contributed by atoms with Gasteiger partial charge in [0.1, 0.15) is 0 Å². The van der Waals surface area contributed by atoms with Crippen LogP contribution in [0.25, 0.3) is 60.5 Å². The van der Waals surface area contributed by atoms with Crippen LogP contribution in [0, 0.1) is 0 Å². The fourth-order valence-electron chi connectivity index (χ4n) is 9.32. The molecule has 0 amide bonds. The topological polar surface area (TPSA) is 15.3 Å². The molecule has 11 rings (SSSR count). The molecule has 0 saturated heterocycles. The van der Waals surface area contributed by atoms with Gasteiger partial charge in [-0.2, -0.15) is 0 Å². The largest absolute Gasteiger partial charge is 0.371 e. The maximum absolute atomic E-state index is 4.03. The van der Waals surface area contributed by atoms with E-state index in [0.29, 0.717) is 0 Å². The Balaban J connectivity index is 0.875. The molecule has 1 atom stereocenters. The number of nitrogens with zero attached hydrogens (tertiary/aromatic N) is 1. The lowest BCUT2D eigenvalue weighted by molar-refractivity contribution is 0.621. The molecule has 1 N–H and O–H groups in total. The molecule has 0 bridgehead atoms. The fourth-order valence-corrected chi connectivity index (χ4v) is 9.32. The second-order valence-electron chi connectivity index (χ2n) is 16.6. The molecule has 10 aromatic rings. The van der Waals surface area contributed by atoms with Crippen LogP contribution in [0.5, 0.6) is 0 Å². The first-order chi connectivity index (χ1) is 31.7. The highest BCUT2D eigenvalue weighted by Crippen LogP contribution is 2.42. The third-order valence-corrected chi connectivity index (χ3v) is 12.8. The Bertz CT molecular complexity index is 3270. The Labute approximate surface area is 375 Å². The second kappa shape index (κ2) is 16.9. The fraction of sp³-hybridized carbons (Fsp3) is 0.0323. The second-order valence-corrected chi connectivity index (χ2v) is 16.6. The average molecular weight is 819 g/mol. The Morgan fingerprint density at radius 3 is 1.36 bits per heavy atom. The highest BCUT2D eigenvalue weighted by Gasteiger charge is 2.31. The van der Waals surface area contributed by atoms with Crippen LogP contribution >= 0.6 is 0 Å². The lowest BCUT2D eigenvalue weighted by Crippen LogP contribution is -2.34. The van der Waals surface area contributed by atoms with Gasteiger partial charge in [-0.15, -0.1) is 0 Å². The lowest BCUT2D eigenvalue weighted by atomic mass is 9.80. The number of allylic oxidation sites excluding steroid dienone is 2. The van der Waals surface area contributed by atoms with Crippen molar-refractivity contribution in [1.82, 2.24) is 0 Å². The summed E-state index contributed by atoms with van der Waals surface area (Å²) < 4.78 is 0. The highest BCUT2D eigenvalue weighted by atomic mass is 15.1.